The van der Waals surface area contributed by atoms with Crippen molar-refractivity contribution in [2.45, 2.75) is 24.5 Å². The number of aromatic nitrogens is 3. The van der Waals surface area contributed by atoms with Crippen molar-refractivity contribution in [1.82, 2.24) is 24.6 Å². The highest BCUT2D eigenvalue weighted by Gasteiger charge is 2.54. The molecule has 4 rings (SSSR count). The lowest BCUT2D eigenvalue weighted by molar-refractivity contribution is -0.150. The highest BCUT2D eigenvalue weighted by molar-refractivity contribution is 8.00. The molecule has 2 aliphatic heterocycles. The third-order valence-electron chi connectivity index (χ3n) is 5.36. The lowest BCUT2D eigenvalue weighted by Crippen LogP contribution is -2.71. The Morgan fingerprint density at radius 1 is 1.46 bits per heavy atom. The van der Waals surface area contributed by atoms with Gasteiger partial charge in [0.1, 0.15) is 35.4 Å². The van der Waals surface area contributed by atoms with Gasteiger partial charge in [-0.15, -0.1) is 23.1 Å². The Morgan fingerprint density at radius 3 is 2.86 bits per heavy atom. The topological polar surface area (TPSA) is 201 Å². The maximum Gasteiger partial charge on any atom is 0.352 e. The Morgan fingerprint density at radius 2 is 2.23 bits per heavy atom. The molecule has 1 saturated heterocycles. The Hall–Kier alpha value is -3.63. The van der Waals surface area contributed by atoms with E-state index in [4.69, 9.17) is 16.0 Å². The summed E-state index contributed by atoms with van der Waals surface area (Å²) in [5, 5.41) is 34.5. The van der Waals surface area contributed by atoms with Crippen molar-refractivity contribution < 1.29 is 29.4 Å². The number of nitrogens with one attached hydrogen (secondary N) is 2. The van der Waals surface area contributed by atoms with Gasteiger partial charge >= 0.3 is 5.97 Å². The van der Waals surface area contributed by atoms with Crippen LogP contribution in [0.2, 0.25) is 0 Å². The second-order valence-corrected chi connectivity index (χ2v) is 9.45. The summed E-state index contributed by atoms with van der Waals surface area (Å²) in [5.41, 5.74) is 6.14. The van der Waals surface area contributed by atoms with E-state index in [-0.39, 0.29) is 53.2 Å². The molecule has 2 aliphatic rings. The normalized spacial score (nSPS) is 19.9. The van der Waals surface area contributed by atoms with Crippen LogP contribution in [0.3, 0.4) is 0 Å². The lowest BCUT2D eigenvalue weighted by Gasteiger charge is -2.49. The van der Waals surface area contributed by atoms with Gasteiger partial charge in [-0.05, 0) is 11.6 Å². The smallest absolute Gasteiger partial charge is 0.352 e. The number of nitrogens with two attached hydrogens (primary N) is 1. The number of fused-ring (bicyclic) bond motifs is 1. The van der Waals surface area contributed by atoms with E-state index in [1.165, 1.54) is 35.0 Å². The number of aliphatic hydroxyl groups is 1. The molecule has 4 heterocycles. The van der Waals surface area contributed by atoms with Crippen molar-refractivity contribution in [3.63, 3.8) is 0 Å². The van der Waals surface area contributed by atoms with Crippen molar-refractivity contribution in [3.8, 4) is 0 Å². The van der Waals surface area contributed by atoms with Crippen LogP contribution in [-0.2, 0) is 32.3 Å². The zero-order chi connectivity index (χ0) is 25.3. The molecule has 2 amide bonds. The maximum atomic E-state index is 13.0. The van der Waals surface area contributed by atoms with E-state index in [9.17, 15) is 24.6 Å². The number of oxime groups is 1. The largest absolute Gasteiger partial charge is 0.477 e. The van der Waals surface area contributed by atoms with Crippen LogP contribution in [-0.4, -0.2) is 83.8 Å². The van der Waals surface area contributed by atoms with E-state index in [1.807, 2.05) is 0 Å². The molecule has 2 atom stereocenters. The highest BCUT2D eigenvalue weighted by Crippen LogP contribution is 2.40. The number of hydrogen-bond acceptors (Lipinski definition) is 11. The molecule has 14 nitrogen and oxygen atoms in total. The number of aliphatic hydroxyl groups excluding tert-OH is 1. The number of amides is 2. The Balaban J connectivity index is 1.55. The molecule has 0 saturated carbocycles. The van der Waals surface area contributed by atoms with Crippen molar-refractivity contribution in [3.05, 3.63) is 40.1 Å². The number of thiazole rings is 1. The number of β-lactam (4-membered cyclic amide) rings is 1. The number of nitrogen functional groups attached to an aromatic ring is 1. The second kappa shape index (κ2) is 9.93. The molecule has 2 aromatic heterocycles. The average Bonchev–Trinajstić information content (AvgIpc) is 3.41. The van der Waals surface area contributed by atoms with Crippen LogP contribution >= 0.6 is 23.1 Å². The molecule has 16 heteroatoms. The van der Waals surface area contributed by atoms with E-state index >= 15 is 0 Å². The monoisotopic (exact) mass is 522 g/mol. The molecular weight excluding hydrogens is 500 g/mol. The molecular formula is C19H22N8O6S2. The number of carbonyl (C=O) groups is 3. The maximum absolute atomic E-state index is 13.0. The third-order valence-corrected chi connectivity index (χ3v) is 7.37. The Bertz CT molecular complexity index is 1290. The summed E-state index contributed by atoms with van der Waals surface area (Å²) in [7, 11) is 1.26. The SMILES string of the molecule is CO/N=C(\C(=O)N[C@H]1C(=O)N2C(C(=O)O)=C(Cn3ccc(=N)n3CCO)CS[C@@H]12)c1csc(N)n1. The summed E-state index contributed by atoms with van der Waals surface area (Å²) in [5.74, 6) is -2.26. The third kappa shape index (κ3) is 4.54. The van der Waals surface area contributed by atoms with Crippen LogP contribution in [0.4, 0.5) is 5.13 Å². The number of carboxylic acid groups (broad SMARTS) is 1. The van der Waals surface area contributed by atoms with Gasteiger partial charge in [0.25, 0.3) is 11.8 Å². The number of nitrogens with zero attached hydrogens (tertiary/aromatic N) is 5. The van der Waals surface area contributed by atoms with Crippen molar-refractivity contribution in [2.24, 2.45) is 5.16 Å². The first kappa shape index (κ1) is 24.5. The van der Waals surface area contributed by atoms with E-state index in [2.05, 4.69) is 15.5 Å². The molecule has 2 aromatic rings. The van der Waals surface area contributed by atoms with Crippen LogP contribution in [0.25, 0.3) is 0 Å². The molecule has 0 bridgehead atoms. The molecule has 0 aliphatic carbocycles. The van der Waals surface area contributed by atoms with Crippen molar-refractivity contribution >= 4 is 51.7 Å². The summed E-state index contributed by atoms with van der Waals surface area (Å²) in [6.45, 7) is 0.108. The fraction of sp³-hybridized carbons (Fsp3) is 0.368. The molecule has 0 spiro atoms. The predicted molar refractivity (Wildman–Crippen MR) is 125 cm³/mol. The van der Waals surface area contributed by atoms with Gasteiger partial charge in [-0.3, -0.25) is 29.3 Å². The van der Waals surface area contributed by atoms with Gasteiger partial charge < -0.3 is 26.1 Å². The van der Waals surface area contributed by atoms with Crippen LogP contribution < -0.4 is 16.5 Å². The van der Waals surface area contributed by atoms with Gasteiger partial charge in [0.05, 0.1) is 19.7 Å². The number of carboxylic acids is 1. The first-order valence-corrected chi connectivity index (χ1v) is 12.1. The molecule has 186 valence electrons. The van der Waals surface area contributed by atoms with Crippen LogP contribution in [0.15, 0.2) is 34.1 Å². The molecule has 1 fully saturated rings. The Labute approximate surface area is 206 Å². The molecule has 0 aromatic carbocycles. The van der Waals surface area contributed by atoms with Gasteiger partial charge in [-0.1, -0.05) is 5.16 Å². The van der Waals surface area contributed by atoms with E-state index in [0.717, 1.165) is 16.2 Å². The van der Waals surface area contributed by atoms with E-state index in [1.54, 1.807) is 10.9 Å². The minimum Gasteiger partial charge on any atom is -0.477 e. The summed E-state index contributed by atoms with van der Waals surface area (Å²) in [6.07, 6.45) is 1.62. The number of carbonyl (C=O) groups excluding carboxylic acids is 2. The first-order valence-electron chi connectivity index (χ1n) is 10.2. The summed E-state index contributed by atoms with van der Waals surface area (Å²) in [6, 6.07) is 0.567. The molecule has 35 heavy (non-hydrogen) atoms. The fourth-order valence-electron chi connectivity index (χ4n) is 3.85. The van der Waals surface area contributed by atoms with Gasteiger partial charge in [-0.25, -0.2) is 9.78 Å². The molecule has 0 unspecified atom stereocenters. The van der Waals surface area contributed by atoms with Gasteiger partial charge in [0.15, 0.2) is 10.8 Å². The summed E-state index contributed by atoms with van der Waals surface area (Å²) >= 11 is 2.43. The van der Waals surface area contributed by atoms with Gasteiger partial charge in [0, 0.05) is 17.3 Å². The van der Waals surface area contributed by atoms with Gasteiger partial charge in [-0.2, -0.15) is 0 Å². The minimum atomic E-state index is -1.27. The standard InChI is InChI=1S/C19H22N8O6S2/c1-33-24-12(10-8-35-19(21)22-10)15(29)23-13-16(30)27-14(18(31)32)9(7-34-17(13)27)6-25-3-2-11(20)26(25)4-5-28/h2-3,8,13,17,20,28H,4-7H2,1H3,(H2,21,22)(H,23,29)(H,31,32)/b20-11?,24-12-/t13-,17-/m0/s1. The lowest BCUT2D eigenvalue weighted by atomic mass is 10.0. The average molecular weight is 523 g/mol. The number of rotatable bonds is 9. The van der Waals surface area contributed by atoms with Crippen LogP contribution in [0.1, 0.15) is 5.69 Å². The van der Waals surface area contributed by atoms with Crippen molar-refractivity contribution in [2.75, 3.05) is 25.2 Å². The predicted octanol–water partition coefficient (Wildman–Crippen LogP) is -1.41. The first-order chi connectivity index (χ1) is 16.8. The summed E-state index contributed by atoms with van der Waals surface area (Å²) in [4.78, 5) is 47.8. The number of hydrogen-bond donors (Lipinski definition) is 5. The quantitative estimate of drug-likeness (QED) is 0.149. The molecule has 0 radical (unpaired) electrons. The number of thioether (sulfide) groups is 1. The zero-order valence-electron chi connectivity index (χ0n) is 18.4. The zero-order valence-corrected chi connectivity index (χ0v) is 20.0. The van der Waals surface area contributed by atoms with Crippen LogP contribution in [0, 0.1) is 5.41 Å². The van der Waals surface area contributed by atoms with E-state index in [0.29, 0.717) is 5.57 Å². The second-order valence-electron chi connectivity index (χ2n) is 7.46. The van der Waals surface area contributed by atoms with E-state index < -0.39 is 29.2 Å². The summed E-state index contributed by atoms with van der Waals surface area (Å²) < 4.78 is 3.13. The highest BCUT2D eigenvalue weighted by atomic mass is 32.2. The number of anilines is 1. The van der Waals surface area contributed by atoms with Crippen molar-refractivity contribution in [1.29, 1.82) is 5.41 Å². The Kier molecular flexibility index (Phi) is 6.95. The van der Waals surface area contributed by atoms with Crippen LogP contribution in [0.5, 0.6) is 0 Å². The number of aliphatic carboxylic acids is 1. The minimum absolute atomic E-state index is 0.122. The fourth-order valence-corrected chi connectivity index (χ4v) is 5.73. The molecule has 6 N–H and O–H groups in total. The van der Waals surface area contributed by atoms with Gasteiger partial charge in [0.2, 0.25) is 0 Å².